The Morgan fingerprint density at radius 2 is 2.06 bits per heavy atom. The number of ether oxygens (including phenoxy) is 1. The van der Waals surface area contributed by atoms with Gasteiger partial charge in [0.2, 0.25) is 0 Å². The highest BCUT2D eigenvalue weighted by Gasteiger charge is 2.14. The van der Waals surface area contributed by atoms with E-state index in [1.807, 2.05) is 6.92 Å². The second-order valence-corrected chi connectivity index (χ2v) is 5.45. The van der Waals surface area contributed by atoms with Gasteiger partial charge in [-0.25, -0.2) is 0 Å². The minimum atomic E-state index is 0.413. The SMILES string of the molecule is CCOc1c(N)nsc1NC(C)CCC(C)C. The summed E-state index contributed by atoms with van der Waals surface area (Å²) in [5.74, 6) is 1.92. The number of nitrogens with two attached hydrogens (primary N) is 1. The van der Waals surface area contributed by atoms with Crippen molar-refractivity contribution in [3.63, 3.8) is 0 Å². The first-order chi connectivity index (χ1) is 8.04. The van der Waals surface area contributed by atoms with Crippen LogP contribution in [0.1, 0.15) is 40.5 Å². The molecule has 0 radical (unpaired) electrons. The summed E-state index contributed by atoms with van der Waals surface area (Å²) in [6.07, 6.45) is 2.35. The molecule has 1 aromatic rings. The van der Waals surface area contributed by atoms with Crippen molar-refractivity contribution >= 4 is 22.4 Å². The predicted molar refractivity (Wildman–Crippen MR) is 74.9 cm³/mol. The molecule has 1 rings (SSSR count). The minimum absolute atomic E-state index is 0.413. The van der Waals surface area contributed by atoms with Crippen LogP contribution >= 0.6 is 11.5 Å². The Kier molecular flexibility index (Phi) is 5.55. The third kappa shape index (κ3) is 4.42. The molecule has 0 saturated heterocycles. The van der Waals surface area contributed by atoms with Gasteiger partial charge >= 0.3 is 0 Å². The van der Waals surface area contributed by atoms with Crippen LogP contribution in [-0.4, -0.2) is 17.0 Å². The van der Waals surface area contributed by atoms with Crippen LogP contribution < -0.4 is 15.8 Å². The first-order valence-corrected chi connectivity index (χ1v) is 6.96. The largest absolute Gasteiger partial charge is 0.487 e. The average Bonchev–Trinajstić information content (AvgIpc) is 2.59. The van der Waals surface area contributed by atoms with Crippen LogP contribution in [0.5, 0.6) is 5.75 Å². The van der Waals surface area contributed by atoms with E-state index < -0.39 is 0 Å². The van der Waals surface area contributed by atoms with E-state index in [2.05, 4.69) is 30.5 Å². The van der Waals surface area contributed by atoms with E-state index in [0.717, 1.165) is 17.3 Å². The van der Waals surface area contributed by atoms with Gasteiger partial charge in [-0.05, 0) is 44.1 Å². The van der Waals surface area contributed by atoms with E-state index in [0.29, 0.717) is 24.2 Å². The third-order valence-corrected chi connectivity index (χ3v) is 3.29. The van der Waals surface area contributed by atoms with Gasteiger partial charge in [-0.3, -0.25) is 0 Å². The van der Waals surface area contributed by atoms with Gasteiger partial charge in [0.05, 0.1) is 6.61 Å². The van der Waals surface area contributed by atoms with Gasteiger partial charge in [0.15, 0.2) is 16.6 Å². The van der Waals surface area contributed by atoms with E-state index in [9.17, 15) is 0 Å². The molecule has 0 aliphatic carbocycles. The Balaban J connectivity index is 2.55. The third-order valence-electron chi connectivity index (χ3n) is 2.52. The standard InChI is InChI=1S/C12H23N3OS/c1-5-16-10-11(13)15-17-12(10)14-9(4)7-6-8(2)3/h8-9,14H,5-7H2,1-4H3,(H2,13,15). The molecular formula is C12H23N3OS. The molecule has 1 heterocycles. The zero-order chi connectivity index (χ0) is 12.8. The van der Waals surface area contributed by atoms with Crippen LogP contribution in [0.3, 0.4) is 0 Å². The van der Waals surface area contributed by atoms with E-state index in [4.69, 9.17) is 10.5 Å². The van der Waals surface area contributed by atoms with Crippen LogP contribution in [0.2, 0.25) is 0 Å². The maximum Gasteiger partial charge on any atom is 0.197 e. The zero-order valence-electron chi connectivity index (χ0n) is 11.1. The fourth-order valence-electron chi connectivity index (χ4n) is 1.55. The van der Waals surface area contributed by atoms with Crippen LogP contribution in [0.25, 0.3) is 0 Å². The van der Waals surface area contributed by atoms with Crippen molar-refractivity contribution in [2.24, 2.45) is 5.92 Å². The lowest BCUT2D eigenvalue weighted by atomic mass is 10.0. The molecule has 0 saturated carbocycles. The Morgan fingerprint density at radius 3 is 2.65 bits per heavy atom. The minimum Gasteiger partial charge on any atom is -0.487 e. The molecule has 1 atom stereocenters. The molecule has 0 amide bonds. The van der Waals surface area contributed by atoms with Gasteiger partial charge < -0.3 is 15.8 Å². The van der Waals surface area contributed by atoms with Crippen molar-refractivity contribution in [1.82, 2.24) is 4.37 Å². The van der Waals surface area contributed by atoms with Gasteiger partial charge in [0, 0.05) is 6.04 Å². The summed E-state index contributed by atoms with van der Waals surface area (Å²) in [6.45, 7) is 9.21. The zero-order valence-corrected chi connectivity index (χ0v) is 11.9. The summed E-state index contributed by atoms with van der Waals surface area (Å²) in [6, 6.07) is 0.413. The molecule has 4 nitrogen and oxygen atoms in total. The van der Waals surface area contributed by atoms with Crippen molar-refractivity contribution in [2.75, 3.05) is 17.7 Å². The van der Waals surface area contributed by atoms with Crippen molar-refractivity contribution < 1.29 is 4.74 Å². The lowest BCUT2D eigenvalue weighted by Gasteiger charge is -2.15. The van der Waals surface area contributed by atoms with Gasteiger partial charge in [0.1, 0.15) is 0 Å². The average molecular weight is 257 g/mol. The smallest absolute Gasteiger partial charge is 0.197 e. The first kappa shape index (κ1) is 14.1. The van der Waals surface area contributed by atoms with Crippen LogP contribution in [0.15, 0.2) is 0 Å². The van der Waals surface area contributed by atoms with E-state index in [1.165, 1.54) is 18.0 Å². The number of hydrogen-bond acceptors (Lipinski definition) is 5. The molecule has 3 N–H and O–H groups in total. The summed E-state index contributed by atoms with van der Waals surface area (Å²) in [5, 5.41) is 4.37. The summed E-state index contributed by atoms with van der Waals surface area (Å²) >= 11 is 1.37. The second-order valence-electron chi connectivity index (χ2n) is 4.68. The Labute approximate surface area is 108 Å². The van der Waals surface area contributed by atoms with E-state index in [1.54, 1.807) is 0 Å². The van der Waals surface area contributed by atoms with Crippen molar-refractivity contribution in [3.05, 3.63) is 0 Å². The molecule has 98 valence electrons. The van der Waals surface area contributed by atoms with Crippen LogP contribution in [0, 0.1) is 5.92 Å². The van der Waals surface area contributed by atoms with Gasteiger partial charge in [-0.2, -0.15) is 4.37 Å². The number of hydrogen-bond donors (Lipinski definition) is 2. The highest BCUT2D eigenvalue weighted by atomic mass is 32.1. The molecule has 0 fully saturated rings. The van der Waals surface area contributed by atoms with Crippen LogP contribution in [-0.2, 0) is 0 Å². The molecule has 0 aromatic carbocycles. The van der Waals surface area contributed by atoms with Crippen molar-refractivity contribution in [2.45, 2.75) is 46.6 Å². The highest BCUT2D eigenvalue weighted by molar-refractivity contribution is 7.11. The van der Waals surface area contributed by atoms with Crippen molar-refractivity contribution in [3.8, 4) is 5.75 Å². The number of nitrogens with zero attached hydrogens (tertiary/aromatic N) is 1. The topological polar surface area (TPSA) is 60.2 Å². The molecule has 0 bridgehead atoms. The van der Waals surface area contributed by atoms with Crippen molar-refractivity contribution in [1.29, 1.82) is 0 Å². The van der Waals surface area contributed by atoms with Gasteiger partial charge in [-0.15, -0.1) is 0 Å². The monoisotopic (exact) mass is 257 g/mol. The fourth-order valence-corrected chi connectivity index (χ4v) is 2.32. The summed E-state index contributed by atoms with van der Waals surface area (Å²) in [7, 11) is 0. The lowest BCUT2D eigenvalue weighted by Crippen LogP contribution is -2.15. The molecule has 5 heteroatoms. The van der Waals surface area contributed by atoms with E-state index in [-0.39, 0.29) is 0 Å². The van der Waals surface area contributed by atoms with Gasteiger partial charge in [-0.1, -0.05) is 13.8 Å². The molecule has 1 unspecified atom stereocenters. The summed E-state index contributed by atoms with van der Waals surface area (Å²) in [4.78, 5) is 0. The first-order valence-electron chi connectivity index (χ1n) is 6.19. The molecule has 17 heavy (non-hydrogen) atoms. The van der Waals surface area contributed by atoms with Crippen LogP contribution in [0.4, 0.5) is 10.8 Å². The number of nitrogen functional groups attached to an aromatic ring is 1. The number of rotatable bonds is 7. The molecule has 0 spiro atoms. The number of anilines is 2. The van der Waals surface area contributed by atoms with E-state index >= 15 is 0 Å². The summed E-state index contributed by atoms with van der Waals surface area (Å²) in [5.41, 5.74) is 5.76. The quantitative estimate of drug-likeness (QED) is 0.786. The Morgan fingerprint density at radius 1 is 1.35 bits per heavy atom. The maximum absolute atomic E-state index is 5.76. The lowest BCUT2D eigenvalue weighted by molar-refractivity contribution is 0.344. The Bertz CT molecular complexity index is 338. The highest BCUT2D eigenvalue weighted by Crippen LogP contribution is 2.35. The predicted octanol–water partition coefficient (Wildman–Crippen LogP) is 3.36. The maximum atomic E-state index is 5.76. The second kappa shape index (κ2) is 6.69. The molecule has 1 aromatic heterocycles. The normalized spacial score (nSPS) is 12.8. The number of aromatic nitrogens is 1. The Hall–Kier alpha value is -0.970. The molecule has 0 aliphatic rings. The summed E-state index contributed by atoms with van der Waals surface area (Å²) < 4.78 is 9.61. The molecule has 0 aliphatic heterocycles. The number of nitrogens with one attached hydrogen (secondary N) is 1. The fraction of sp³-hybridized carbons (Fsp3) is 0.750. The molecular weight excluding hydrogens is 234 g/mol. The van der Waals surface area contributed by atoms with Gasteiger partial charge in [0.25, 0.3) is 0 Å².